The zero-order chi connectivity index (χ0) is 66.8. The molecule has 4 N–H and O–H groups in total. The van der Waals surface area contributed by atoms with Gasteiger partial charge in [-0.25, -0.2) is 4.98 Å². The van der Waals surface area contributed by atoms with Crippen molar-refractivity contribution in [2.45, 2.75) is 118 Å². The lowest BCUT2D eigenvalue weighted by Gasteiger charge is -2.23. The van der Waals surface area contributed by atoms with Gasteiger partial charge < -0.3 is 53.8 Å². The summed E-state index contributed by atoms with van der Waals surface area (Å²) in [6.45, 7) is 23.0. The van der Waals surface area contributed by atoms with Crippen LogP contribution in [-0.4, -0.2) is 78.1 Å². The molecular formula is C73H86N2O15S. The van der Waals surface area contributed by atoms with E-state index in [9.17, 15) is 24.0 Å². The fourth-order valence-corrected chi connectivity index (χ4v) is 8.62. The Bertz CT molecular complexity index is 3430. The Kier molecular flexibility index (Phi) is 30.8. The highest BCUT2D eigenvalue weighted by atomic mass is 32.1. The molecule has 0 spiro atoms. The predicted octanol–water partition coefficient (Wildman–Crippen LogP) is 14.6. The minimum Gasteiger partial charge on any atom is -0.508 e. The van der Waals surface area contributed by atoms with Crippen molar-refractivity contribution < 1.29 is 72.1 Å². The number of benzene rings is 7. The Morgan fingerprint density at radius 2 is 0.714 bits per heavy atom. The van der Waals surface area contributed by atoms with Crippen LogP contribution in [0.2, 0.25) is 0 Å². The average Bonchev–Trinajstić information content (AvgIpc) is 1.15. The summed E-state index contributed by atoms with van der Waals surface area (Å²) in [5, 5.41) is 19.2. The molecule has 17 nitrogen and oxygen atoms in total. The Morgan fingerprint density at radius 1 is 0.407 bits per heavy atom. The number of nitrogen functional groups attached to an aromatic ring is 1. The van der Waals surface area contributed by atoms with E-state index in [4.69, 9.17) is 53.8 Å². The molecule has 0 saturated carbocycles. The first-order valence-corrected chi connectivity index (χ1v) is 30.7. The Balaban J connectivity index is 0.000000246. The first-order valence-electron chi connectivity index (χ1n) is 29.9. The van der Waals surface area contributed by atoms with Crippen molar-refractivity contribution in [2.24, 2.45) is 0 Å². The maximum Gasteiger partial charge on any atom is 0.315 e. The number of aromatic hydroxyl groups is 2. The van der Waals surface area contributed by atoms with Gasteiger partial charge in [-0.05, 0) is 176 Å². The van der Waals surface area contributed by atoms with E-state index in [2.05, 4.69) is 4.98 Å². The molecule has 0 unspecified atom stereocenters. The van der Waals surface area contributed by atoms with Gasteiger partial charge in [0.05, 0.1) is 68.3 Å². The normalized spacial score (nSPS) is 10.7. The van der Waals surface area contributed by atoms with Crippen LogP contribution in [0.3, 0.4) is 0 Å². The second-order valence-electron chi connectivity index (χ2n) is 21.6. The van der Waals surface area contributed by atoms with Crippen LogP contribution in [-0.2, 0) is 90.0 Å². The number of carbonyl (C=O) groups excluding carboxylic acids is 5. The third-order valence-corrected chi connectivity index (χ3v) is 14.2. The van der Waals surface area contributed by atoms with Crippen molar-refractivity contribution in [3.05, 3.63) is 227 Å². The van der Waals surface area contributed by atoms with Gasteiger partial charge in [0.15, 0.2) is 5.13 Å². The lowest BCUT2D eigenvalue weighted by atomic mass is 9.85. The molecule has 18 heteroatoms. The van der Waals surface area contributed by atoms with E-state index in [1.807, 2.05) is 168 Å². The second kappa shape index (κ2) is 38.0. The molecule has 0 aliphatic rings. The van der Waals surface area contributed by atoms with E-state index in [0.29, 0.717) is 68.6 Å². The molecule has 0 fully saturated rings. The van der Waals surface area contributed by atoms with Gasteiger partial charge in [0.1, 0.15) is 42.0 Å². The topological polar surface area (TPSA) is 239 Å². The van der Waals surface area contributed by atoms with Crippen molar-refractivity contribution in [2.75, 3.05) is 38.8 Å². The zero-order valence-electron chi connectivity index (χ0n) is 53.9. The van der Waals surface area contributed by atoms with E-state index in [1.165, 1.54) is 11.3 Å². The maximum atomic E-state index is 12.0. The van der Waals surface area contributed by atoms with E-state index in [0.717, 1.165) is 50.4 Å². The molecule has 484 valence electrons. The van der Waals surface area contributed by atoms with Gasteiger partial charge in [-0.15, -0.1) is 0 Å². The third-order valence-electron chi connectivity index (χ3n) is 13.5. The van der Waals surface area contributed by atoms with Gasteiger partial charge in [-0.2, -0.15) is 0 Å². The monoisotopic (exact) mass is 1260 g/mol. The van der Waals surface area contributed by atoms with Crippen LogP contribution in [0.5, 0.6) is 33.8 Å². The highest BCUT2D eigenvalue weighted by Gasteiger charge is 2.33. The fourth-order valence-electron chi connectivity index (χ4n) is 8.07. The summed E-state index contributed by atoms with van der Waals surface area (Å²) in [4.78, 5) is 61.9. The number of hydrogen-bond donors (Lipinski definition) is 3. The van der Waals surface area contributed by atoms with Gasteiger partial charge in [-0.3, -0.25) is 24.0 Å². The summed E-state index contributed by atoms with van der Waals surface area (Å²) in [6.07, 6.45) is 2.14. The number of nitrogens with zero attached hydrogens (tertiary/aromatic N) is 1. The van der Waals surface area contributed by atoms with Crippen molar-refractivity contribution in [3.8, 4) is 33.8 Å². The molecule has 0 radical (unpaired) electrons. The minimum absolute atomic E-state index is 0.193. The van der Waals surface area contributed by atoms with E-state index in [-0.39, 0.29) is 47.8 Å². The van der Waals surface area contributed by atoms with Crippen LogP contribution in [0.15, 0.2) is 188 Å². The van der Waals surface area contributed by atoms with Crippen molar-refractivity contribution in [3.63, 3.8) is 0 Å². The van der Waals surface area contributed by atoms with Crippen LogP contribution >= 0.6 is 11.3 Å². The lowest BCUT2D eigenvalue weighted by Crippen LogP contribution is -2.31. The number of aromatic nitrogens is 1. The molecule has 1 aromatic heterocycles. The molecule has 0 amide bonds. The number of ether oxygens (including phenoxy) is 8. The van der Waals surface area contributed by atoms with Crippen LogP contribution in [0.25, 0.3) is 0 Å². The maximum absolute atomic E-state index is 12.0. The van der Waals surface area contributed by atoms with Gasteiger partial charge >= 0.3 is 29.8 Å². The van der Waals surface area contributed by atoms with E-state index in [1.54, 1.807) is 96.3 Å². The van der Waals surface area contributed by atoms with Crippen LogP contribution in [0.4, 0.5) is 5.13 Å². The molecule has 8 aromatic rings. The zero-order valence-corrected chi connectivity index (χ0v) is 54.7. The third kappa shape index (κ3) is 25.8. The van der Waals surface area contributed by atoms with Crippen molar-refractivity contribution in [1.29, 1.82) is 0 Å². The number of thiazole rings is 1. The summed E-state index contributed by atoms with van der Waals surface area (Å²) in [5.74, 6) is 1.48. The fraction of sp³-hybridized carbons (Fsp3) is 0.315. The number of phenolic OH excluding ortho intramolecular Hbond substituents is 2. The first-order chi connectivity index (χ1) is 43.4. The van der Waals surface area contributed by atoms with E-state index < -0.39 is 16.2 Å². The molecule has 0 atom stereocenters. The molecule has 0 aliphatic carbocycles. The molecule has 0 saturated heterocycles. The molecule has 0 bridgehead atoms. The number of phenols is 2. The summed E-state index contributed by atoms with van der Waals surface area (Å²) in [7, 11) is 0. The number of anilines is 1. The molecule has 7 aromatic carbocycles. The molecule has 91 heavy (non-hydrogen) atoms. The first kappa shape index (κ1) is 73.8. The van der Waals surface area contributed by atoms with Gasteiger partial charge in [0, 0.05) is 0 Å². The summed E-state index contributed by atoms with van der Waals surface area (Å²) in [5.41, 5.74) is 10.2. The van der Waals surface area contributed by atoms with Crippen molar-refractivity contribution in [1.82, 2.24) is 4.98 Å². The lowest BCUT2D eigenvalue weighted by molar-refractivity contribution is -0.149. The van der Waals surface area contributed by atoms with Crippen LogP contribution in [0, 0.1) is 0 Å². The Morgan fingerprint density at radius 3 is 1.04 bits per heavy atom. The van der Waals surface area contributed by atoms with Crippen molar-refractivity contribution >= 4 is 46.3 Å². The van der Waals surface area contributed by atoms with Gasteiger partial charge in [0.25, 0.3) is 0 Å². The highest BCUT2D eigenvalue weighted by molar-refractivity contribution is 7.17. The molecule has 0 aliphatic heterocycles. The van der Waals surface area contributed by atoms with E-state index >= 15 is 0 Å². The number of carbonyl (C=O) groups is 5. The number of nitrogens with two attached hydrogens (primary N) is 1. The molecular weight excluding hydrogens is 1180 g/mol. The standard InChI is InChI=1S/C19H22O3.C17H18O3.C15H18N2O3S.C12H16O3.C10H12O3/c1-4-21-18(20)19(2,3)16-10-12-17(13-11-16)22-14-15-8-6-5-7-9-15;1-2-19-17(18)12-14-8-10-16(11-9-14)20-13-15-6-4-3-5-7-15;1-4-19-13(18)15(2,3)10-5-7-11(8-6-10)20-12-9-17-14(16)21-12;1-4-15-11(14)12(2,3)9-5-7-10(13)8-6-9;1-2-13-10(12)7-8-3-5-9(11)6-4-8/h5-13H,4,14H2,1-3H3;3-11H,2,12-13H2,1H3;5-9H,4H2,1-3H3,(H2,16,17);5-8,13H,4H2,1-3H3;3-6,11H,2,7H2,1H3. The molecule has 1 heterocycles. The second-order valence-corrected chi connectivity index (χ2v) is 22.6. The Hall–Kier alpha value is -9.68. The number of hydrogen-bond acceptors (Lipinski definition) is 18. The number of rotatable bonds is 23. The average molecular weight is 1260 g/mol. The van der Waals surface area contributed by atoms with Crippen LogP contribution in [0.1, 0.15) is 115 Å². The highest BCUT2D eigenvalue weighted by Crippen LogP contribution is 2.32. The summed E-state index contributed by atoms with van der Waals surface area (Å²) < 4.78 is 42.0. The van der Waals surface area contributed by atoms with Gasteiger partial charge in [-0.1, -0.05) is 133 Å². The molecule has 8 rings (SSSR count). The quantitative estimate of drug-likeness (QED) is 0.0398. The smallest absolute Gasteiger partial charge is 0.315 e. The predicted molar refractivity (Wildman–Crippen MR) is 353 cm³/mol. The summed E-state index contributed by atoms with van der Waals surface area (Å²) >= 11 is 1.27. The minimum atomic E-state index is -0.691. The van der Waals surface area contributed by atoms with Gasteiger partial charge in [0.2, 0.25) is 5.06 Å². The number of esters is 5. The summed E-state index contributed by atoms with van der Waals surface area (Å²) in [6, 6.07) is 55.6. The Labute approximate surface area is 539 Å². The van der Waals surface area contributed by atoms with Crippen LogP contribution < -0.4 is 19.9 Å². The SMILES string of the molecule is CCOC(=O)C(C)(C)c1ccc(O)cc1.CCOC(=O)C(C)(C)c1ccc(OCc2ccccc2)cc1.CCOC(=O)C(C)(C)c1ccc(Oc2cnc(N)s2)cc1.CCOC(=O)Cc1ccc(O)cc1.CCOC(=O)Cc1ccc(OCc2ccccc2)cc1. The largest absolute Gasteiger partial charge is 0.508 e.